The molecule has 2 saturated heterocycles. The van der Waals surface area contributed by atoms with Crippen LogP contribution < -0.4 is 21.3 Å². The first-order chi connectivity index (χ1) is 22.0. The van der Waals surface area contributed by atoms with Gasteiger partial charge in [-0.15, -0.1) is 0 Å². The van der Waals surface area contributed by atoms with Crippen molar-refractivity contribution in [3.05, 3.63) is 52.7 Å². The molecule has 2 aliphatic heterocycles. The second-order valence-electron chi connectivity index (χ2n) is 12.7. The highest BCUT2D eigenvalue weighted by Gasteiger charge is 2.78. The second-order valence-corrected chi connectivity index (χ2v) is 12.7. The Morgan fingerprint density at radius 2 is 2.00 bits per heavy atom. The predicted octanol–water partition coefficient (Wildman–Crippen LogP) is 0.931. The van der Waals surface area contributed by atoms with Crippen molar-refractivity contribution in [3.63, 3.8) is 0 Å². The van der Waals surface area contributed by atoms with Crippen LogP contribution in [-0.2, 0) is 27.2 Å². The SMILES string of the molecule is CNC(=O)C(CCC=O)c1ccc(N2CC(C(=O)N3CC(N=C/C(=C\N)NC(=O)c4n[nH]c5c4CC4C(F)(F)C4(C)C5)C3)C2)nc1. The summed E-state index contributed by atoms with van der Waals surface area (Å²) < 4.78 is 28.5. The molecule has 244 valence electrons. The number of allylic oxidation sites excluding steroid dienone is 1. The molecule has 13 nitrogen and oxygen atoms in total. The van der Waals surface area contributed by atoms with Gasteiger partial charge in [0.2, 0.25) is 11.8 Å². The third-order valence-corrected chi connectivity index (χ3v) is 9.90. The van der Waals surface area contributed by atoms with Gasteiger partial charge in [-0.3, -0.25) is 24.5 Å². The quantitative estimate of drug-likeness (QED) is 0.208. The average Bonchev–Trinajstić information content (AvgIpc) is 3.24. The van der Waals surface area contributed by atoms with Gasteiger partial charge in [-0.25, -0.2) is 13.8 Å². The van der Waals surface area contributed by atoms with Gasteiger partial charge in [-0.1, -0.05) is 13.0 Å². The number of rotatable bonds is 11. The molecule has 0 bridgehead atoms. The maximum absolute atomic E-state index is 14.2. The minimum atomic E-state index is -2.76. The van der Waals surface area contributed by atoms with E-state index in [1.54, 1.807) is 25.1 Å². The summed E-state index contributed by atoms with van der Waals surface area (Å²) in [5, 5.41) is 12.1. The van der Waals surface area contributed by atoms with Crippen LogP contribution in [-0.4, -0.2) is 95.5 Å². The van der Waals surface area contributed by atoms with Crippen molar-refractivity contribution in [1.82, 2.24) is 30.7 Å². The Morgan fingerprint density at radius 3 is 2.65 bits per heavy atom. The summed E-state index contributed by atoms with van der Waals surface area (Å²) >= 11 is 0. The molecule has 6 rings (SSSR count). The number of amides is 3. The minimum absolute atomic E-state index is 0.0383. The summed E-state index contributed by atoms with van der Waals surface area (Å²) in [6, 6.07) is 3.50. The minimum Gasteiger partial charge on any atom is -0.403 e. The molecular formula is C31H37F2N9O4. The van der Waals surface area contributed by atoms with Crippen LogP contribution >= 0.6 is 0 Å². The number of nitrogens with zero attached hydrogens (tertiary/aromatic N) is 5. The Hall–Kier alpha value is -4.69. The van der Waals surface area contributed by atoms with Crippen LogP contribution in [0.2, 0.25) is 0 Å². The first-order valence-corrected chi connectivity index (χ1v) is 15.4. The second kappa shape index (κ2) is 11.9. The number of carbonyl (C=O) groups excluding carboxylic acids is 4. The fraction of sp³-hybridized carbons (Fsp3) is 0.516. The number of halogens is 2. The van der Waals surface area contributed by atoms with E-state index in [-0.39, 0.29) is 54.4 Å². The number of hydrogen-bond acceptors (Lipinski definition) is 9. The fourth-order valence-electron chi connectivity index (χ4n) is 6.75. The number of pyridine rings is 1. The lowest BCUT2D eigenvalue weighted by atomic mass is 9.87. The van der Waals surface area contributed by atoms with Crippen LogP contribution in [0.15, 0.2) is 35.2 Å². The summed E-state index contributed by atoms with van der Waals surface area (Å²) in [5.74, 6) is -4.14. The van der Waals surface area contributed by atoms with Gasteiger partial charge in [0.15, 0.2) is 5.69 Å². The lowest BCUT2D eigenvalue weighted by molar-refractivity contribution is -0.140. The summed E-state index contributed by atoms with van der Waals surface area (Å²) in [6.45, 7) is 3.50. The first kappa shape index (κ1) is 31.3. The van der Waals surface area contributed by atoms with E-state index >= 15 is 0 Å². The number of nitrogens with one attached hydrogen (secondary N) is 3. The number of aromatic nitrogens is 3. The zero-order valence-electron chi connectivity index (χ0n) is 25.6. The van der Waals surface area contributed by atoms with E-state index in [1.807, 2.05) is 17.0 Å². The molecule has 2 aromatic rings. The number of hydrogen-bond donors (Lipinski definition) is 4. The van der Waals surface area contributed by atoms with Gasteiger partial charge in [-0.2, -0.15) is 5.10 Å². The van der Waals surface area contributed by atoms with Crippen LogP contribution in [0.25, 0.3) is 0 Å². The number of aldehydes is 1. The molecule has 3 atom stereocenters. The number of alkyl halides is 2. The molecule has 3 unspecified atom stereocenters. The molecule has 0 spiro atoms. The van der Waals surface area contributed by atoms with Gasteiger partial charge in [0, 0.05) is 87.3 Å². The largest absolute Gasteiger partial charge is 0.403 e. The van der Waals surface area contributed by atoms with E-state index in [0.29, 0.717) is 49.7 Å². The Bertz CT molecular complexity index is 1600. The average molecular weight is 638 g/mol. The maximum atomic E-state index is 14.2. The number of carbonyl (C=O) groups is 4. The molecule has 3 amide bonds. The van der Waals surface area contributed by atoms with Crippen molar-refractivity contribution in [3.8, 4) is 0 Å². The van der Waals surface area contributed by atoms with Gasteiger partial charge >= 0.3 is 0 Å². The van der Waals surface area contributed by atoms with Crippen molar-refractivity contribution in [2.75, 3.05) is 38.1 Å². The zero-order valence-corrected chi connectivity index (χ0v) is 25.6. The van der Waals surface area contributed by atoms with E-state index in [1.165, 1.54) is 12.4 Å². The standard InChI is InChI=1S/C31H37F2N9O4/c1-30-9-23-22(8-24(30)31(30,32)33)26(40-39-23)28(45)38-19(10-34)12-36-20-15-42(16-20)29(46)18-13-41(14-18)25-6-5-17(11-37-25)21(4-3-7-43)27(44)35-2/h5-7,10-12,18,20-21,24H,3-4,8-9,13-16,34H2,1-2H3,(H,35,44)(H,38,45)(H,39,40)/b19-10+,36-12?. The van der Waals surface area contributed by atoms with Gasteiger partial charge in [0.25, 0.3) is 11.8 Å². The van der Waals surface area contributed by atoms with Crippen LogP contribution in [0, 0.1) is 17.3 Å². The number of anilines is 1. The van der Waals surface area contributed by atoms with E-state index in [0.717, 1.165) is 11.8 Å². The summed E-state index contributed by atoms with van der Waals surface area (Å²) in [6.07, 6.45) is 5.98. The topological polar surface area (TPSA) is 179 Å². The normalized spacial score (nSPS) is 24.3. The predicted molar refractivity (Wildman–Crippen MR) is 163 cm³/mol. The van der Waals surface area contributed by atoms with Gasteiger partial charge in [0.1, 0.15) is 12.1 Å². The van der Waals surface area contributed by atoms with Crippen LogP contribution in [0.4, 0.5) is 14.6 Å². The van der Waals surface area contributed by atoms with Gasteiger partial charge < -0.3 is 31.0 Å². The number of nitrogens with two attached hydrogens (primary N) is 1. The molecule has 2 aliphatic carbocycles. The van der Waals surface area contributed by atoms with E-state index in [4.69, 9.17) is 5.73 Å². The number of aromatic amines is 1. The number of H-pyrrole nitrogens is 1. The van der Waals surface area contributed by atoms with Crippen LogP contribution in [0.1, 0.15) is 53.0 Å². The molecule has 0 radical (unpaired) electrons. The highest BCUT2D eigenvalue weighted by atomic mass is 19.3. The van der Waals surface area contributed by atoms with E-state index in [9.17, 15) is 28.0 Å². The lowest BCUT2D eigenvalue weighted by Gasteiger charge is -2.45. The van der Waals surface area contributed by atoms with Gasteiger partial charge in [-0.05, 0) is 24.5 Å². The molecule has 3 fully saturated rings. The van der Waals surface area contributed by atoms with E-state index < -0.39 is 29.1 Å². The fourth-order valence-corrected chi connectivity index (χ4v) is 6.75. The number of aliphatic imine (C=N–C) groups is 1. The first-order valence-electron chi connectivity index (χ1n) is 15.4. The van der Waals surface area contributed by atoms with E-state index in [2.05, 4.69) is 30.8 Å². The summed E-state index contributed by atoms with van der Waals surface area (Å²) in [5.41, 5.74) is 6.74. The van der Waals surface area contributed by atoms with Crippen molar-refractivity contribution in [2.24, 2.45) is 28.0 Å². The highest BCUT2D eigenvalue weighted by molar-refractivity contribution is 5.98. The van der Waals surface area contributed by atoms with Crippen molar-refractivity contribution in [1.29, 1.82) is 0 Å². The summed E-state index contributed by atoms with van der Waals surface area (Å²) in [4.78, 5) is 61.6. The number of likely N-dealkylation sites (N-methyl/N-ethyl adjacent to an activating group) is 1. The molecule has 4 aliphatic rings. The number of fused-ring (bicyclic) bond motifs is 2. The highest BCUT2D eigenvalue weighted by Crippen LogP contribution is 2.70. The summed E-state index contributed by atoms with van der Waals surface area (Å²) in [7, 11) is 1.56. The van der Waals surface area contributed by atoms with Gasteiger partial charge in [0.05, 0.1) is 23.6 Å². The monoisotopic (exact) mass is 637 g/mol. The molecule has 2 aromatic heterocycles. The Balaban J connectivity index is 0.952. The third kappa shape index (κ3) is 5.41. The molecule has 4 heterocycles. The van der Waals surface area contributed by atoms with Crippen LogP contribution in [0.3, 0.4) is 0 Å². The Labute approximate surface area is 264 Å². The number of likely N-dealkylation sites (tertiary alicyclic amines) is 1. The molecule has 1 saturated carbocycles. The van der Waals surface area contributed by atoms with Crippen LogP contribution in [0.5, 0.6) is 0 Å². The zero-order chi connectivity index (χ0) is 32.8. The molecule has 5 N–H and O–H groups in total. The van der Waals surface area contributed by atoms with Crippen molar-refractivity contribution >= 4 is 36.0 Å². The third-order valence-electron chi connectivity index (χ3n) is 9.90. The smallest absolute Gasteiger partial charge is 0.276 e. The van der Waals surface area contributed by atoms with Crippen molar-refractivity contribution < 1.29 is 28.0 Å². The Kier molecular flexibility index (Phi) is 8.11. The molecular weight excluding hydrogens is 600 g/mol. The molecule has 46 heavy (non-hydrogen) atoms. The lowest BCUT2D eigenvalue weighted by Crippen LogP contribution is -2.61. The molecule has 15 heteroatoms. The van der Waals surface area contributed by atoms with Crippen molar-refractivity contribution in [2.45, 2.75) is 50.5 Å². The molecule has 0 aromatic carbocycles. The Morgan fingerprint density at radius 1 is 1.24 bits per heavy atom. The maximum Gasteiger partial charge on any atom is 0.276 e.